The number of thiophene rings is 1. The maximum atomic E-state index is 12.0. The lowest BCUT2D eigenvalue weighted by atomic mass is 10.1. The lowest BCUT2D eigenvalue weighted by molar-refractivity contribution is 0.0994. The summed E-state index contributed by atoms with van der Waals surface area (Å²) in [7, 11) is 1.87. The van der Waals surface area contributed by atoms with Crippen molar-refractivity contribution in [2.24, 2.45) is 7.05 Å². The zero-order valence-electron chi connectivity index (χ0n) is 9.65. The van der Waals surface area contributed by atoms with Gasteiger partial charge in [-0.3, -0.25) is 9.48 Å². The van der Waals surface area contributed by atoms with Crippen molar-refractivity contribution in [3.05, 3.63) is 39.3 Å². The Kier molecular flexibility index (Phi) is 2.92. The second kappa shape index (κ2) is 4.22. The summed E-state index contributed by atoms with van der Waals surface area (Å²) in [5.74, 6) is 0.176. The average molecular weight is 234 g/mol. The summed E-state index contributed by atoms with van der Waals surface area (Å²) in [5.41, 5.74) is 2.98. The third-order valence-corrected chi connectivity index (χ3v) is 3.61. The van der Waals surface area contributed by atoms with E-state index in [1.165, 1.54) is 11.3 Å². The van der Waals surface area contributed by atoms with Crippen LogP contribution in [0.5, 0.6) is 0 Å². The minimum atomic E-state index is 0.176. The maximum absolute atomic E-state index is 12.0. The van der Waals surface area contributed by atoms with Crippen molar-refractivity contribution in [1.29, 1.82) is 0 Å². The Hall–Kier alpha value is -1.42. The van der Waals surface area contributed by atoms with Gasteiger partial charge in [-0.1, -0.05) is 0 Å². The van der Waals surface area contributed by atoms with Gasteiger partial charge in [-0.15, -0.1) is 11.3 Å². The monoisotopic (exact) mass is 234 g/mol. The lowest BCUT2D eigenvalue weighted by Gasteiger charge is -2.00. The molecule has 84 valence electrons. The lowest BCUT2D eigenvalue weighted by Crippen LogP contribution is -2.07. The van der Waals surface area contributed by atoms with Gasteiger partial charge in [-0.2, -0.15) is 5.10 Å². The molecule has 2 aromatic heterocycles. The minimum Gasteiger partial charge on any atom is -0.293 e. The molecule has 0 aliphatic carbocycles. The fourth-order valence-electron chi connectivity index (χ4n) is 1.73. The predicted molar refractivity (Wildman–Crippen MR) is 65.0 cm³/mol. The normalized spacial score (nSPS) is 10.7. The number of ketones is 1. The van der Waals surface area contributed by atoms with E-state index in [0.29, 0.717) is 6.42 Å². The highest BCUT2D eigenvalue weighted by Crippen LogP contribution is 2.18. The molecule has 0 saturated heterocycles. The molecule has 0 aliphatic heterocycles. The van der Waals surface area contributed by atoms with Crippen LogP contribution in [0.15, 0.2) is 17.5 Å². The van der Waals surface area contributed by atoms with E-state index in [2.05, 4.69) is 5.10 Å². The Morgan fingerprint density at radius 2 is 2.25 bits per heavy atom. The van der Waals surface area contributed by atoms with E-state index >= 15 is 0 Å². The van der Waals surface area contributed by atoms with Gasteiger partial charge in [0.05, 0.1) is 17.0 Å². The Morgan fingerprint density at radius 1 is 1.50 bits per heavy atom. The molecule has 0 amide bonds. The number of Topliss-reactive ketones (excluding diaryl/α,β-unsaturated/α-hetero) is 1. The fourth-order valence-corrected chi connectivity index (χ4v) is 2.60. The Labute approximate surface area is 98.7 Å². The smallest absolute Gasteiger partial charge is 0.178 e. The fraction of sp³-hybridized carbons (Fsp3) is 0.333. The molecule has 0 fully saturated rings. The number of aryl methyl sites for hydroxylation is 3. The van der Waals surface area contributed by atoms with Crippen LogP contribution in [0.3, 0.4) is 0 Å². The first kappa shape index (κ1) is 11.1. The summed E-state index contributed by atoms with van der Waals surface area (Å²) in [4.78, 5) is 12.9. The molecule has 0 atom stereocenters. The molecule has 0 saturated carbocycles. The summed E-state index contributed by atoms with van der Waals surface area (Å²) < 4.78 is 1.77. The second-order valence-corrected chi connectivity index (χ2v) is 4.85. The summed E-state index contributed by atoms with van der Waals surface area (Å²) in [5, 5.41) is 6.19. The second-order valence-electron chi connectivity index (χ2n) is 3.93. The molecule has 4 heteroatoms. The van der Waals surface area contributed by atoms with Crippen LogP contribution in [0.1, 0.15) is 26.6 Å². The maximum Gasteiger partial charge on any atom is 0.178 e. The molecule has 3 nitrogen and oxygen atoms in total. The van der Waals surface area contributed by atoms with Crippen molar-refractivity contribution in [2.75, 3.05) is 0 Å². The van der Waals surface area contributed by atoms with Gasteiger partial charge in [-0.25, -0.2) is 0 Å². The van der Waals surface area contributed by atoms with Crippen LogP contribution in [-0.4, -0.2) is 15.6 Å². The molecule has 0 spiro atoms. The van der Waals surface area contributed by atoms with Gasteiger partial charge in [0.1, 0.15) is 0 Å². The van der Waals surface area contributed by atoms with Gasteiger partial charge < -0.3 is 0 Å². The number of nitrogens with zero attached hydrogens (tertiary/aromatic N) is 2. The molecule has 0 aliphatic rings. The third-order valence-electron chi connectivity index (χ3n) is 2.56. The topological polar surface area (TPSA) is 34.9 Å². The van der Waals surface area contributed by atoms with E-state index in [1.807, 2.05) is 38.4 Å². The van der Waals surface area contributed by atoms with Gasteiger partial charge in [0, 0.05) is 12.7 Å². The Bertz CT molecular complexity index is 525. The number of rotatable bonds is 3. The van der Waals surface area contributed by atoms with Crippen LogP contribution in [0.25, 0.3) is 0 Å². The first-order valence-electron chi connectivity index (χ1n) is 5.14. The Balaban J connectivity index is 2.20. The number of hydrogen-bond acceptors (Lipinski definition) is 3. The standard InChI is InChI=1S/C12H14N2OS/c1-8-4-5-16-12(8)11(15)7-10-6-9(2)13-14(10)3/h4-6H,7H2,1-3H3. The first-order chi connectivity index (χ1) is 7.58. The summed E-state index contributed by atoms with van der Waals surface area (Å²) >= 11 is 1.51. The van der Waals surface area contributed by atoms with Crippen LogP contribution in [0.4, 0.5) is 0 Å². The van der Waals surface area contributed by atoms with Crippen molar-refractivity contribution < 1.29 is 4.79 Å². The van der Waals surface area contributed by atoms with E-state index < -0.39 is 0 Å². The highest BCUT2D eigenvalue weighted by atomic mass is 32.1. The van der Waals surface area contributed by atoms with Gasteiger partial charge in [0.25, 0.3) is 0 Å². The van der Waals surface area contributed by atoms with E-state index in [1.54, 1.807) is 4.68 Å². The van der Waals surface area contributed by atoms with Crippen LogP contribution < -0.4 is 0 Å². The van der Waals surface area contributed by atoms with Crippen LogP contribution in [0, 0.1) is 13.8 Å². The SMILES string of the molecule is Cc1cc(CC(=O)c2sccc2C)n(C)n1. The van der Waals surface area contributed by atoms with Crippen molar-refractivity contribution in [3.8, 4) is 0 Å². The molecule has 0 bridgehead atoms. The zero-order valence-corrected chi connectivity index (χ0v) is 10.5. The van der Waals surface area contributed by atoms with Crippen LogP contribution in [-0.2, 0) is 13.5 Å². The predicted octanol–water partition coefficient (Wildman–Crippen LogP) is 2.52. The van der Waals surface area contributed by atoms with Crippen molar-refractivity contribution >= 4 is 17.1 Å². The first-order valence-corrected chi connectivity index (χ1v) is 6.02. The van der Waals surface area contributed by atoms with Crippen molar-refractivity contribution in [1.82, 2.24) is 9.78 Å². The summed E-state index contributed by atoms with van der Waals surface area (Å²) in [6.07, 6.45) is 0.429. The van der Waals surface area contributed by atoms with Gasteiger partial charge in [0.15, 0.2) is 5.78 Å². The van der Waals surface area contributed by atoms with E-state index in [-0.39, 0.29) is 5.78 Å². The summed E-state index contributed by atoms with van der Waals surface area (Å²) in [6.45, 7) is 3.91. The quantitative estimate of drug-likeness (QED) is 0.765. The van der Waals surface area contributed by atoms with E-state index in [0.717, 1.165) is 21.8 Å². The molecular weight excluding hydrogens is 220 g/mol. The van der Waals surface area contributed by atoms with Crippen molar-refractivity contribution in [2.45, 2.75) is 20.3 Å². The number of carbonyl (C=O) groups excluding carboxylic acids is 1. The number of hydrogen-bond donors (Lipinski definition) is 0. The highest BCUT2D eigenvalue weighted by Gasteiger charge is 2.13. The Morgan fingerprint density at radius 3 is 2.75 bits per heavy atom. The highest BCUT2D eigenvalue weighted by molar-refractivity contribution is 7.12. The van der Waals surface area contributed by atoms with E-state index in [9.17, 15) is 4.79 Å². The molecule has 2 heterocycles. The van der Waals surface area contributed by atoms with E-state index in [4.69, 9.17) is 0 Å². The van der Waals surface area contributed by atoms with Gasteiger partial charge >= 0.3 is 0 Å². The summed E-state index contributed by atoms with van der Waals surface area (Å²) in [6, 6.07) is 3.94. The van der Waals surface area contributed by atoms with Gasteiger partial charge in [0.2, 0.25) is 0 Å². The van der Waals surface area contributed by atoms with Crippen LogP contribution in [0.2, 0.25) is 0 Å². The largest absolute Gasteiger partial charge is 0.293 e. The molecule has 2 aromatic rings. The van der Waals surface area contributed by atoms with Crippen LogP contribution >= 0.6 is 11.3 Å². The number of carbonyl (C=O) groups is 1. The molecule has 16 heavy (non-hydrogen) atoms. The van der Waals surface area contributed by atoms with Gasteiger partial charge in [-0.05, 0) is 36.9 Å². The zero-order chi connectivity index (χ0) is 11.7. The third kappa shape index (κ3) is 2.07. The molecule has 0 N–H and O–H groups in total. The van der Waals surface area contributed by atoms with Crippen molar-refractivity contribution in [3.63, 3.8) is 0 Å². The molecule has 0 radical (unpaired) electrons. The molecular formula is C12H14N2OS. The molecule has 0 aromatic carbocycles. The number of aromatic nitrogens is 2. The average Bonchev–Trinajstić information content (AvgIpc) is 2.74. The molecule has 0 unspecified atom stereocenters. The minimum absolute atomic E-state index is 0.176. The molecule has 2 rings (SSSR count).